The molecular formula is C91H95BCl5F10N19O13S4. The van der Waals surface area contributed by atoms with Gasteiger partial charge in [0.1, 0.15) is 65.0 Å². The average molecular weight is 2170 g/mol. The van der Waals surface area contributed by atoms with Gasteiger partial charge in [-0.15, -0.1) is 23.4 Å². The smallest absolute Gasteiger partial charge is 0.399 e. The largest absolute Gasteiger partial charge is 0.497 e. The molecule has 2 aliphatic carbocycles. The number of ether oxygens (including phenoxy) is 5. The van der Waals surface area contributed by atoms with Crippen molar-refractivity contribution >= 4 is 153 Å². The number of alkyl halides is 7. The van der Waals surface area contributed by atoms with Crippen LogP contribution in [0.4, 0.5) is 85.3 Å². The van der Waals surface area contributed by atoms with Gasteiger partial charge in [0.25, 0.3) is 0 Å². The van der Waals surface area contributed by atoms with Crippen molar-refractivity contribution in [1.82, 2.24) is 59.8 Å². The standard InChI is InChI=1S/C23H21F4N5O3S.C17H17ClFN3O3S.C15H15ClFN3O3S.C15H15ClFN3OS.C12H16BF3N2O2.C9H11Cl2N3O/c24-14-2-1-3-15(10-14)36(33,34)22(4-5-22)19-12-18(30-21(31-19)32-6-8-35-9-7-32)16-13-29-20(28)11-17(16)23(25,26)27;18-15-11-14(20-16(21-15)22-6-8-25-9-7-22)17(4-5-17)26(23,24)13-3-1-2-12(19)10-13;16-14-9-12(18-15(19-14)20-4-6-23-7-5-20)10-24(21,22)13-3-1-2-11(17)8-13;16-14-9-12(10-22-13-3-1-2-11(17)8-13)18-15(19-14)20-4-6-21-7-5-20;1-10(2)11(3,4)20-13(19-10)8-6-18-9(17)5-7(8)12(14,15)16;10-6-7-5-8(11)13-9(12-7)14-1-3-15-4-2-14/h1-3,10-13H,4-9H2,(H2,28,29);1-3,10-11H,4-9H2;1-3,8-9H,4-7,10H2;1-3,8-9H,4-7,10H2;5-6H,1-4H3,(H2,17,18);5H,1-4,6H2. The minimum absolute atomic E-state index is 0.0438. The van der Waals surface area contributed by atoms with E-state index < -0.39 is 98.3 Å². The van der Waals surface area contributed by atoms with E-state index in [1.54, 1.807) is 50.8 Å². The molecule has 143 heavy (non-hydrogen) atoms. The number of anilines is 7. The van der Waals surface area contributed by atoms with Crippen LogP contribution in [0, 0.1) is 23.3 Å². The maximum Gasteiger partial charge on any atom is 0.497 e. The van der Waals surface area contributed by atoms with Crippen LogP contribution in [0.15, 0.2) is 172 Å². The van der Waals surface area contributed by atoms with Gasteiger partial charge in [0.2, 0.25) is 29.7 Å². The second-order valence-corrected chi connectivity index (χ2v) is 43.6. The summed E-state index contributed by atoms with van der Waals surface area (Å²) < 4.78 is 248. The topological polar surface area (TPSA) is 390 Å². The Kier molecular flexibility index (Phi) is 35.2. The highest BCUT2D eigenvalue weighted by molar-refractivity contribution is 7.98. The quantitative estimate of drug-likeness (QED) is 0.0235. The molecule has 0 bridgehead atoms. The Hall–Kier alpha value is -10.1. The highest BCUT2D eigenvalue weighted by Gasteiger charge is 2.60. The number of aromatic nitrogens is 12. The van der Waals surface area contributed by atoms with Crippen LogP contribution in [0.1, 0.15) is 93.0 Å². The normalized spacial score (nSPS) is 17.6. The molecule has 11 aromatic rings. The highest BCUT2D eigenvalue weighted by atomic mass is 35.5. The summed E-state index contributed by atoms with van der Waals surface area (Å²) in [5.41, 5.74) is 9.08. The van der Waals surface area contributed by atoms with Crippen LogP contribution in [-0.2, 0) is 102 Å². The van der Waals surface area contributed by atoms with Gasteiger partial charge in [-0.3, -0.25) is 0 Å². The van der Waals surface area contributed by atoms with Gasteiger partial charge in [-0.25, -0.2) is 103 Å². The molecule has 13 heterocycles. The van der Waals surface area contributed by atoms with Gasteiger partial charge in [-0.1, -0.05) is 70.7 Å². The number of nitrogens with zero attached hydrogens (tertiary/aromatic N) is 17. The summed E-state index contributed by atoms with van der Waals surface area (Å²) in [6, 6.07) is 30.2. The van der Waals surface area contributed by atoms with Gasteiger partial charge in [-0.2, -0.15) is 26.3 Å². The van der Waals surface area contributed by atoms with Crippen molar-refractivity contribution in [2.24, 2.45) is 0 Å². The van der Waals surface area contributed by atoms with Gasteiger partial charge in [0.15, 0.2) is 29.5 Å². The Bertz CT molecular complexity index is 6700. The molecule has 0 spiro atoms. The molecule has 0 atom stereocenters. The maximum absolute atomic E-state index is 13.9. The lowest BCUT2D eigenvalue weighted by Crippen LogP contribution is -2.41. The van der Waals surface area contributed by atoms with Crippen molar-refractivity contribution in [1.29, 1.82) is 0 Å². The van der Waals surface area contributed by atoms with Crippen LogP contribution in [0.3, 0.4) is 0 Å². The summed E-state index contributed by atoms with van der Waals surface area (Å²) in [6.07, 6.45) is -6.09. The van der Waals surface area contributed by atoms with Crippen molar-refractivity contribution < 1.29 is 102 Å². The molecule has 4 aromatic carbocycles. The number of morpholine rings is 5. The third-order valence-corrected chi connectivity index (χ3v) is 32.5. The Labute approximate surface area is 846 Å². The number of hydrogen-bond donors (Lipinski definition) is 2. The molecule has 32 nitrogen and oxygen atoms in total. The molecule has 6 saturated heterocycles. The van der Waals surface area contributed by atoms with Gasteiger partial charge >= 0.3 is 19.5 Å². The average Bonchev–Trinajstić information content (AvgIpc) is 1.56. The molecule has 8 aliphatic rings. The molecule has 8 fully saturated rings. The van der Waals surface area contributed by atoms with Gasteiger partial charge in [0, 0.05) is 99.5 Å². The first-order chi connectivity index (χ1) is 67.8. The fraction of sp³-hybridized carbons (Fsp3) is 0.407. The Morgan fingerprint density at radius 3 is 1.15 bits per heavy atom. The Morgan fingerprint density at radius 1 is 0.406 bits per heavy atom. The molecule has 4 N–H and O–H groups in total. The van der Waals surface area contributed by atoms with Crippen molar-refractivity contribution in [2.75, 3.05) is 167 Å². The molecule has 764 valence electrons. The number of thioether (sulfide) groups is 1. The van der Waals surface area contributed by atoms with E-state index in [0.29, 0.717) is 176 Å². The zero-order valence-electron chi connectivity index (χ0n) is 77.0. The summed E-state index contributed by atoms with van der Waals surface area (Å²) in [7, 11) is -12.8. The molecule has 19 rings (SSSR count). The first-order valence-electron chi connectivity index (χ1n) is 44.4. The number of nitrogen functional groups attached to an aromatic ring is 2. The van der Waals surface area contributed by atoms with Crippen LogP contribution in [0.5, 0.6) is 0 Å². The molecule has 0 amide bonds. The van der Waals surface area contributed by atoms with Gasteiger partial charge in [-0.05, 0) is 169 Å². The number of hydrogen-bond acceptors (Lipinski definition) is 33. The summed E-state index contributed by atoms with van der Waals surface area (Å²) in [4.78, 5) is 61.0. The van der Waals surface area contributed by atoms with E-state index in [1.807, 2.05) is 20.8 Å². The van der Waals surface area contributed by atoms with Crippen LogP contribution in [0.25, 0.3) is 11.3 Å². The molecule has 0 radical (unpaired) electrons. The van der Waals surface area contributed by atoms with Crippen LogP contribution in [-0.4, -0.2) is 235 Å². The fourth-order valence-corrected chi connectivity index (χ4v) is 22.3. The number of nitrogens with two attached hydrogens (primary N) is 2. The molecule has 7 aromatic heterocycles. The van der Waals surface area contributed by atoms with Crippen LogP contribution in [0.2, 0.25) is 20.6 Å². The maximum atomic E-state index is 13.9. The molecule has 2 saturated carbocycles. The summed E-state index contributed by atoms with van der Waals surface area (Å²) in [5, 5.41) is 1.21. The summed E-state index contributed by atoms with van der Waals surface area (Å²) >= 11 is 31.4. The van der Waals surface area contributed by atoms with E-state index in [2.05, 4.69) is 64.7 Å². The van der Waals surface area contributed by atoms with Crippen LogP contribution < -0.4 is 41.4 Å². The van der Waals surface area contributed by atoms with E-state index in [4.69, 9.17) is 102 Å². The first kappa shape index (κ1) is 109. The number of halogens is 15. The predicted octanol–water partition coefficient (Wildman–Crippen LogP) is 15.3. The molecular weight excluding hydrogens is 2070 g/mol. The molecule has 0 unspecified atom stereocenters. The van der Waals surface area contributed by atoms with Crippen molar-refractivity contribution in [3.05, 3.63) is 235 Å². The van der Waals surface area contributed by atoms with Crippen molar-refractivity contribution in [3.8, 4) is 11.3 Å². The number of benzene rings is 4. The van der Waals surface area contributed by atoms with Gasteiger partial charge in [0.05, 0.1) is 149 Å². The van der Waals surface area contributed by atoms with Gasteiger partial charge < -0.3 is 69.0 Å². The van der Waals surface area contributed by atoms with Crippen molar-refractivity contribution in [2.45, 2.75) is 123 Å². The second-order valence-electron chi connectivity index (χ2n) is 34.2. The number of pyridine rings is 2. The minimum atomic E-state index is -4.76. The summed E-state index contributed by atoms with van der Waals surface area (Å²) in [5.74, 6) is 0.0433. The van der Waals surface area contributed by atoms with Crippen LogP contribution >= 0.6 is 69.8 Å². The number of rotatable bonds is 20. The zero-order chi connectivity index (χ0) is 103. The predicted molar refractivity (Wildman–Crippen MR) is 519 cm³/mol. The third kappa shape index (κ3) is 27.4. The fourth-order valence-electron chi connectivity index (χ4n) is 15.3. The molecule has 52 heteroatoms. The second kappa shape index (κ2) is 46.3. The van der Waals surface area contributed by atoms with E-state index in [9.17, 15) is 69.2 Å². The summed E-state index contributed by atoms with van der Waals surface area (Å²) in [6.45, 7) is 19.0. The van der Waals surface area contributed by atoms with Crippen molar-refractivity contribution in [3.63, 3.8) is 0 Å². The Balaban J connectivity index is 0.000000139. The highest BCUT2D eigenvalue weighted by Crippen LogP contribution is 2.57. The van der Waals surface area contributed by atoms with E-state index in [0.717, 1.165) is 85.2 Å². The Morgan fingerprint density at radius 2 is 0.748 bits per heavy atom. The lowest BCUT2D eigenvalue weighted by molar-refractivity contribution is -0.137. The lowest BCUT2D eigenvalue weighted by atomic mass is 9.77. The van der Waals surface area contributed by atoms with E-state index in [-0.39, 0.29) is 95.1 Å². The number of sulfone groups is 3. The SMILES string of the molecule is CC1(C)OB(c2cnc(N)cc2C(F)(F)F)OC1(C)C.ClCc1cc(Cl)nc(N2CCOCC2)n1.Fc1cccc(SCc2cc(Cl)nc(N3CCOCC3)n2)c1.Nc1cc(C(F)(F)F)c(-c2cc(C3(S(=O)(=O)c4cccc(F)c4)CC3)nc(N3CCOCC3)n2)cn1.O=S(=O)(Cc1cc(Cl)nc(N2CCOCC2)n1)c1cccc(F)c1.O=S(=O)(c1cccc(F)c1)C1(c2cc(Cl)nc(N3CCOCC3)n2)CC1. The monoisotopic (exact) mass is 2170 g/mol. The first-order valence-corrected chi connectivity index (χ1v) is 52.1. The van der Waals surface area contributed by atoms with E-state index in [1.165, 1.54) is 90.6 Å². The third-order valence-electron chi connectivity index (χ3n) is 23.7. The lowest BCUT2D eigenvalue weighted by Gasteiger charge is -2.32. The zero-order valence-corrected chi connectivity index (χ0v) is 84.0. The van der Waals surface area contributed by atoms with E-state index >= 15 is 0 Å². The molecule has 6 aliphatic heterocycles. The minimum Gasteiger partial charge on any atom is -0.399 e.